The molecule has 0 aromatic carbocycles. The molecule has 0 fully saturated rings. The summed E-state index contributed by atoms with van der Waals surface area (Å²) in [6, 6.07) is 1.74. The highest BCUT2D eigenvalue weighted by atomic mass is 79.9. The number of hydrogen-bond acceptors (Lipinski definition) is 3. The first kappa shape index (κ1) is 17.4. The lowest BCUT2D eigenvalue weighted by molar-refractivity contribution is -0.175. The molecule has 0 spiro atoms. The first-order chi connectivity index (χ1) is 9.40. The molecule has 1 atom stereocenters. The molecule has 0 radical (unpaired) electrons. The fourth-order valence-electron chi connectivity index (χ4n) is 1.71. The molecular weight excluding hydrogens is 337 g/mol. The molecule has 0 bridgehead atoms. The Morgan fingerprint density at radius 3 is 2.75 bits per heavy atom. The van der Waals surface area contributed by atoms with Crippen LogP contribution in [0.5, 0.6) is 0 Å². The van der Waals surface area contributed by atoms with Crippen molar-refractivity contribution in [3.05, 3.63) is 28.5 Å². The van der Waals surface area contributed by atoms with Crippen molar-refractivity contribution >= 4 is 15.9 Å². The van der Waals surface area contributed by atoms with E-state index in [4.69, 9.17) is 4.74 Å². The van der Waals surface area contributed by atoms with Crippen molar-refractivity contribution in [2.45, 2.75) is 32.0 Å². The normalized spacial score (nSPS) is 13.4. The largest absolute Gasteiger partial charge is 0.411 e. The number of hydrogen-bond donors (Lipinski definition) is 1. The molecule has 1 aromatic heterocycles. The third-order valence-electron chi connectivity index (χ3n) is 2.51. The zero-order valence-electron chi connectivity index (χ0n) is 11.2. The molecule has 0 amide bonds. The Labute approximate surface area is 125 Å². The number of halogens is 4. The predicted molar refractivity (Wildman–Crippen MR) is 74.6 cm³/mol. The number of nitrogens with zero attached hydrogens (tertiary/aromatic N) is 1. The zero-order valence-corrected chi connectivity index (χ0v) is 12.8. The van der Waals surface area contributed by atoms with E-state index < -0.39 is 12.8 Å². The van der Waals surface area contributed by atoms with Crippen molar-refractivity contribution < 1.29 is 17.9 Å². The van der Waals surface area contributed by atoms with E-state index in [-0.39, 0.29) is 12.6 Å². The summed E-state index contributed by atoms with van der Waals surface area (Å²) < 4.78 is 41.8. The van der Waals surface area contributed by atoms with Crippen LogP contribution in [-0.4, -0.2) is 37.0 Å². The van der Waals surface area contributed by atoms with Crippen LogP contribution in [0.2, 0.25) is 0 Å². The molecule has 0 aliphatic carbocycles. The number of aromatic nitrogens is 1. The Bertz CT molecular complexity index is 401. The first-order valence-corrected chi connectivity index (χ1v) is 7.17. The van der Waals surface area contributed by atoms with Gasteiger partial charge in [-0.25, -0.2) is 0 Å². The molecular formula is C13H18BrF3N2O. The summed E-state index contributed by atoms with van der Waals surface area (Å²) in [5.41, 5.74) is 0.948. The van der Waals surface area contributed by atoms with Crippen molar-refractivity contribution in [1.29, 1.82) is 0 Å². The number of nitrogens with one attached hydrogen (secondary N) is 1. The van der Waals surface area contributed by atoms with Gasteiger partial charge >= 0.3 is 6.18 Å². The van der Waals surface area contributed by atoms with E-state index in [1.807, 2.05) is 13.0 Å². The van der Waals surface area contributed by atoms with Gasteiger partial charge in [0, 0.05) is 22.9 Å². The predicted octanol–water partition coefficient (Wildman–Crippen LogP) is 3.33. The summed E-state index contributed by atoms with van der Waals surface area (Å²) in [5.74, 6) is 0. The quantitative estimate of drug-likeness (QED) is 0.777. The van der Waals surface area contributed by atoms with Crippen molar-refractivity contribution in [3.8, 4) is 0 Å². The van der Waals surface area contributed by atoms with E-state index in [1.54, 1.807) is 12.4 Å². The van der Waals surface area contributed by atoms with Crippen LogP contribution in [0.4, 0.5) is 13.2 Å². The van der Waals surface area contributed by atoms with Gasteiger partial charge in [0.05, 0.1) is 6.61 Å². The van der Waals surface area contributed by atoms with Crippen LogP contribution >= 0.6 is 15.9 Å². The molecule has 3 nitrogen and oxygen atoms in total. The monoisotopic (exact) mass is 354 g/mol. The van der Waals surface area contributed by atoms with Crippen LogP contribution in [0.3, 0.4) is 0 Å². The van der Waals surface area contributed by atoms with Gasteiger partial charge in [0.1, 0.15) is 6.61 Å². The number of pyridine rings is 1. The maximum absolute atomic E-state index is 12.1. The Morgan fingerprint density at radius 1 is 1.40 bits per heavy atom. The van der Waals surface area contributed by atoms with E-state index in [0.29, 0.717) is 6.42 Å². The van der Waals surface area contributed by atoms with Crippen LogP contribution < -0.4 is 5.32 Å². The Kier molecular flexibility index (Phi) is 7.47. The van der Waals surface area contributed by atoms with Crippen LogP contribution in [0.15, 0.2) is 22.9 Å². The topological polar surface area (TPSA) is 34.1 Å². The Balaban J connectivity index is 2.50. The van der Waals surface area contributed by atoms with Crippen LogP contribution in [0, 0.1) is 0 Å². The minimum absolute atomic E-state index is 0.0199. The van der Waals surface area contributed by atoms with Gasteiger partial charge < -0.3 is 10.1 Å². The molecule has 1 N–H and O–H groups in total. The van der Waals surface area contributed by atoms with E-state index in [1.165, 1.54) is 0 Å². The minimum atomic E-state index is -4.29. The lowest BCUT2D eigenvalue weighted by atomic mass is 10.1. The molecule has 0 aliphatic heterocycles. The molecule has 0 saturated carbocycles. The number of alkyl halides is 3. The summed E-state index contributed by atoms with van der Waals surface area (Å²) >= 11 is 3.32. The molecule has 1 unspecified atom stereocenters. The van der Waals surface area contributed by atoms with Gasteiger partial charge in [0.25, 0.3) is 0 Å². The second kappa shape index (κ2) is 8.59. The van der Waals surface area contributed by atoms with Crippen LogP contribution in [0.1, 0.15) is 18.9 Å². The van der Waals surface area contributed by atoms with Crippen molar-refractivity contribution in [1.82, 2.24) is 10.3 Å². The third-order valence-corrected chi connectivity index (χ3v) is 2.95. The van der Waals surface area contributed by atoms with Gasteiger partial charge in [-0.05, 0) is 46.9 Å². The van der Waals surface area contributed by atoms with Crippen molar-refractivity contribution in [2.75, 3.05) is 19.8 Å². The molecule has 20 heavy (non-hydrogen) atoms. The fourth-order valence-corrected chi connectivity index (χ4v) is 2.12. The van der Waals surface area contributed by atoms with E-state index in [0.717, 1.165) is 23.0 Å². The second-order valence-corrected chi connectivity index (χ2v) is 5.41. The standard InChI is InChI=1S/C13H18BrF3N2O/c1-2-3-19-12(8-20-9-13(15,16)17)5-10-4-11(14)7-18-6-10/h4,6-7,12,19H,2-3,5,8-9H2,1H3. The highest BCUT2D eigenvalue weighted by molar-refractivity contribution is 9.10. The summed E-state index contributed by atoms with van der Waals surface area (Å²) in [4.78, 5) is 4.04. The third kappa shape index (κ3) is 7.81. The highest BCUT2D eigenvalue weighted by Crippen LogP contribution is 2.15. The van der Waals surface area contributed by atoms with Gasteiger partial charge in [-0.3, -0.25) is 4.98 Å². The molecule has 1 aromatic rings. The van der Waals surface area contributed by atoms with E-state index >= 15 is 0 Å². The maximum Gasteiger partial charge on any atom is 0.411 e. The van der Waals surface area contributed by atoms with Crippen LogP contribution in [0.25, 0.3) is 0 Å². The number of ether oxygens (including phenoxy) is 1. The zero-order chi connectivity index (χ0) is 15.0. The Hall–Kier alpha value is -0.660. The average molecular weight is 355 g/mol. The maximum atomic E-state index is 12.1. The number of rotatable bonds is 8. The van der Waals surface area contributed by atoms with E-state index in [9.17, 15) is 13.2 Å². The molecule has 0 aliphatic rings. The molecule has 1 heterocycles. The minimum Gasteiger partial charge on any atom is -0.370 e. The van der Waals surface area contributed by atoms with Crippen molar-refractivity contribution in [3.63, 3.8) is 0 Å². The lowest BCUT2D eigenvalue weighted by Crippen LogP contribution is -2.37. The fraction of sp³-hybridized carbons (Fsp3) is 0.615. The van der Waals surface area contributed by atoms with Gasteiger partial charge in [0.2, 0.25) is 0 Å². The highest BCUT2D eigenvalue weighted by Gasteiger charge is 2.27. The average Bonchev–Trinajstić information content (AvgIpc) is 2.34. The van der Waals surface area contributed by atoms with E-state index in [2.05, 4.69) is 26.2 Å². The second-order valence-electron chi connectivity index (χ2n) is 4.50. The molecule has 114 valence electrons. The lowest BCUT2D eigenvalue weighted by Gasteiger charge is -2.19. The van der Waals surface area contributed by atoms with Crippen molar-refractivity contribution in [2.24, 2.45) is 0 Å². The van der Waals surface area contributed by atoms with Gasteiger partial charge in [-0.1, -0.05) is 6.92 Å². The molecule has 7 heteroatoms. The summed E-state index contributed by atoms with van der Waals surface area (Å²) in [7, 11) is 0. The Morgan fingerprint density at radius 2 is 2.15 bits per heavy atom. The van der Waals surface area contributed by atoms with Gasteiger partial charge in [-0.2, -0.15) is 13.2 Å². The summed E-state index contributed by atoms with van der Waals surface area (Å²) in [6.07, 6.45) is 0.566. The summed E-state index contributed by atoms with van der Waals surface area (Å²) in [6.45, 7) is 1.54. The smallest absolute Gasteiger partial charge is 0.370 e. The molecule has 0 saturated heterocycles. The SMILES string of the molecule is CCCNC(COCC(F)(F)F)Cc1cncc(Br)c1. The first-order valence-electron chi connectivity index (χ1n) is 6.38. The van der Waals surface area contributed by atoms with Crippen LogP contribution in [-0.2, 0) is 11.2 Å². The summed E-state index contributed by atoms with van der Waals surface area (Å²) in [5, 5.41) is 3.19. The van der Waals surface area contributed by atoms with Gasteiger partial charge in [-0.15, -0.1) is 0 Å². The van der Waals surface area contributed by atoms with Gasteiger partial charge in [0.15, 0.2) is 0 Å². The molecule has 1 rings (SSSR count).